The minimum atomic E-state index is -0.544. The van der Waals surface area contributed by atoms with Crippen molar-refractivity contribution in [2.75, 3.05) is 5.32 Å². The number of benzene rings is 2. The van der Waals surface area contributed by atoms with E-state index in [4.69, 9.17) is 5.73 Å². The lowest BCUT2D eigenvalue weighted by Gasteiger charge is -2.06. The van der Waals surface area contributed by atoms with Crippen LogP contribution < -0.4 is 11.1 Å². The van der Waals surface area contributed by atoms with E-state index in [1.807, 2.05) is 42.5 Å². The molecular formula is C14H11BrN2OS. The molecule has 1 aliphatic rings. The molecule has 0 fully saturated rings. The van der Waals surface area contributed by atoms with Crippen LogP contribution in [-0.2, 0) is 4.79 Å². The number of carbonyl (C=O) groups is 1. The molecule has 1 atom stereocenters. The fraction of sp³-hybridized carbons (Fsp3) is 0.0714. The van der Waals surface area contributed by atoms with Crippen molar-refractivity contribution in [3.63, 3.8) is 0 Å². The summed E-state index contributed by atoms with van der Waals surface area (Å²) in [6.45, 7) is 0. The summed E-state index contributed by atoms with van der Waals surface area (Å²) < 4.78 is 1.06. The minimum absolute atomic E-state index is 0.141. The van der Waals surface area contributed by atoms with Crippen LogP contribution in [0.2, 0.25) is 0 Å². The van der Waals surface area contributed by atoms with Gasteiger partial charge in [0.2, 0.25) is 5.91 Å². The molecule has 3 nitrogen and oxygen atoms in total. The predicted molar refractivity (Wildman–Crippen MR) is 80.3 cm³/mol. The highest BCUT2D eigenvalue weighted by molar-refractivity contribution is 9.10. The Morgan fingerprint density at radius 1 is 1.21 bits per heavy atom. The lowest BCUT2D eigenvalue weighted by atomic mass is 10.1. The summed E-state index contributed by atoms with van der Waals surface area (Å²) >= 11 is 5.17. The second kappa shape index (κ2) is 5.00. The van der Waals surface area contributed by atoms with E-state index in [1.165, 1.54) is 0 Å². The molecule has 0 radical (unpaired) electrons. The lowest BCUT2D eigenvalue weighted by Crippen LogP contribution is -2.19. The summed E-state index contributed by atoms with van der Waals surface area (Å²) in [5.41, 5.74) is 7.47. The molecule has 1 amide bonds. The quantitative estimate of drug-likeness (QED) is 0.882. The van der Waals surface area contributed by atoms with Crippen LogP contribution in [0.25, 0.3) is 0 Å². The van der Waals surface area contributed by atoms with Gasteiger partial charge in [-0.2, -0.15) is 0 Å². The fourth-order valence-electron chi connectivity index (χ4n) is 1.98. The van der Waals surface area contributed by atoms with Crippen molar-refractivity contribution in [3.05, 3.63) is 52.5 Å². The Morgan fingerprint density at radius 2 is 2.00 bits per heavy atom. The summed E-state index contributed by atoms with van der Waals surface area (Å²) in [6.07, 6.45) is 0. The summed E-state index contributed by atoms with van der Waals surface area (Å²) in [6, 6.07) is 13.4. The maximum atomic E-state index is 11.5. The monoisotopic (exact) mass is 334 g/mol. The van der Waals surface area contributed by atoms with Crippen molar-refractivity contribution in [2.45, 2.75) is 15.8 Å². The van der Waals surface area contributed by atoms with Crippen LogP contribution in [-0.4, -0.2) is 5.91 Å². The molecule has 0 saturated heterocycles. The van der Waals surface area contributed by atoms with Gasteiger partial charge in [0, 0.05) is 25.5 Å². The molecule has 1 aliphatic heterocycles. The second-order valence-electron chi connectivity index (χ2n) is 4.25. The zero-order valence-corrected chi connectivity index (χ0v) is 12.3. The van der Waals surface area contributed by atoms with Gasteiger partial charge in [0.25, 0.3) is 0 Å². The Labute approximate surface area is 123 Å². The Kier molecular flexibility index (Phi) is 3.35. The lowest BCUT2D eigenvalue weighted by molar-refractivity contribution is -0.116. The Balaban J connectivity index is 1.91. The first-order valence-corrected chi connectivity index (χ1v) is 7.39. The Morgan fingerprint density at radius 3 is 2.79 bits per heavy atom. The van der Waals surface area contributed by atoms with Crippen molar-refractivity contribution in [1.29, 1.82) is 0 Å². The van der Waals surface area contributed by atoms with E-state index >= 15 is 0 Å². The molecule has 0 aliphatic carbocycles. The first-order chi connectivity index (χ1) is 9.15. The number of fused-ring (bicyclic) bond motifs is 1. The van der Waals surface area contributed by atoms with Gasteiger partial charge in [-0.25, -0.2) is 0 Å². The van der Waals surface area contributed by atoms with E-state index in [1.54, 1.807) is 11.8 Å². The average molecular weight is 335 g/mol. The van der Waals surface area contributed by atoms with Crippen LogP contribution in [0.4, 0.5) is 5.69 Å². The van der Waals surface area contributed by atoms with Crippen molar-refractivity contribution in [2.24, 2.45) is 5.73 Å². The molecule has 96 valence electrons. The molecule has 0 bridgehead atoms. The molecule has 3 rings (SSSR count). The number of amides is 1. The summed E-state index contributed by atoms with van der Waals surface area (Å²) in [5.74, 6) is -0.141. The first-order valence-electron chi connectivity index (χ1n) is 5.78. The van der Waals surface area contributed by atoms with Crippen molar-refractivity contribution >= 4 is 39.3 Å². The van der Waals surface area contributed by atoms with Crippen molar-refractivity contribution < 1.29 is 4.79 Å². The number of hydrogen-bond acceptors (Lipinski definition) is 3. The molecule has 5 heteroatoms. The molecule has 2 aromatic carbocycles. The molecule has 2 aromatic rings. The number of halogens is 1. The van der Waals surface area contributed by atoms with Gasteiger partial charge in [-0.3, -0.25) is 4.79 Å². The second-order valence-corrected chi connectivity index (χ2v) is 6.22. The Hall–Kier alpha value is -1.30. The van der Waals surface area contributed by atoms with Crippen LogP contribution in [0.5, 0.6) is 0 Å². The molecule has 0 spiro atoms. The average Bonchev–Trinajstić information content (AvgIpc) is 2.68. The summed E-state index contributed by atoms with van der Waals surface area (Å²) in [4.78, 5) is 13.7. The molecular weight excluding hydrogens is 324 g/mol. The number of rotatable bonds is 2. The highest BCUT2D eigenvalue weighted by Crippen LogP contribution is 2.37. The zero-order chi connectivity index (χ0) is 13.4. The van der Waals surface area contributed by atoms with E-state index < -0.39 is 6.04 Å². The maximum absolute atomic E-state index is 11.5. The van der Waals surface area contributed by atoms with Crippen LogP contribution in [0.1, 0.15) is 11.6 Å². The van der Waals surface area contributed by atoms with Crippen LogP contribution in [0, 0.1) is 0 Å². The Bertz CT molecular complexity index is 660. The number of anilines is 1. The number of nitrogens with one attached hydrogen (secondary N) is 1. The third kappa shape index (κ3) is 2.41. The molecule has 0 saturated carbocycles. The van der Waals surface area contributed by atoms with E-state index in [2.05, 4.69) is 21.2 Å². The van der Waals surface area contributed by atoms with E-state index in [-0.39, 0.29) is 5.91 Å². The fourth-order valence-corrected chi connectivity index (χ4v) is 3.39. The third-order valence-corrected chi connectivity index (χ3v) is 4.98. The van der Waals surface area contributed by atoms with E-state index in [0.29, 0.717) is 0 Å². The number of nitrogens with two attached hydrogens (primary N) is 1. The molecule has 0 aromatic heterocycles. The highest BCUT2D eigenvalue weighted by atomic mass is 79.9. The topological polar surface area (TPSA) is 55.1 Å². The smallest absolute Gasteiger partial charge is 0.245 e. The molecule has 3 N–H and O–H groups in total. The normalized spacial score (nSPS) is 17.2. The first kappa shape index (κ1) is 12.7. The van der Waals surface area contributed by atoms with Gasteiger partial charge >= 0.3 is 0 Å². The van der Waals surface area contributed by atoms with E-state index in [0.717, 1.165) is 25.5 Å². The number of hydrogen-bond donors (Lipinski definition) is 2. The highest BCUT2D eigenvalue weighted by Gasteiger charge is 2.26. The van der Waals surface area contributed by atoms with Crippen LogP contribution in [0.3, 0.4) is 0 Å². The van der Waals surface area contributed by atoms with Gasteiger partial charge in [0.05, 0.1) is 0 Å². The molecule has 19 heavy (non-hydrogen) atoms. The third-order valence-electron chi connectivity index (χ3n) is 2.96. The minimum Gasteiger partial charge on any atom is -0.324 e. The molecule has 1 heterocycles. The van der Waals surface area contributed by atoms with Crippen molar-refractivity contribution in [1.82, 2.24) is 0 Å². The van der Waals surface area contributed by atoms with E-state index in [9.17, 15) is 4.79 Å². The summed E-state index contributed by atoms with van der Waals surface area (Å²) in [7, 11) is 0. The van der Waals surface area contributed by atoms with Gasteiger partial charge < -0.3 is 11.1 Å². The van der Waals surface area contributed by atoms with Crippen LogP contribution in [0.15, 0.2) is 56.7 Å². The van der Waals surface area contributed by atoms with Gasteiger partial charge in [0.15, 0.2) is 0 Å². The SMILES string of the molecule is NC1C(=O)Nc2cc(Sc3ccccc3Br)ccc21. The van der Waals surface area contributed by atoms with Gasteiger partial charge in [-0.05, 0) is 40.2 Å². The zero-order valence-electron chi connectivity index (χ0n) is 9.89. The predicted octanol–water partition coefficient (Wildman–Crippen LogP) is 3.55. The van der Waals surface area contributed by atoms with Crippen LogP contribution >= 0.6 is 27.7 Å². The van der Waals surface area contributed by atoms with Crippen molar-refractivity contribution in [3.8, 4) is 0 Å². The van der Waals surface area contributed by atoms with Gasteiger partial charge in [0.1, 0.15) is 6.04 Å². The largest absolute Gasteiger partial charge is 0.324 e. The maximum Gasteiger partial charge on any atom is 0.245 e. The summed E-state index contributed by atoms with van der Waals surface area (Å²) in [5, 5.41) is 2.80. The standard InChI is InChI=1S/C14H11BrN2OS/c15-10-3-1-2-4-12(10)19-8-5-6-9-11(7-8)17-14(18)13(9)16/h1-7,13H,16H2,(H,17,18). The molecule has 1 unspecified atom stereocenters. The van der Waals surface area contributed by atoms with Gasteiger partial charge in [-0.15, -0.1) is 0 Å². The number of carbonyl (C=O) groups excluding carboxylic acids is 1. The van der Waals surface area contributed by atoms with Gasteiger partial charge in [-0.1, -0.05) is 30.0 Å².